The summed E-state index contributed by atoms with van der Waals surface area (Å²) in [5.74, 6) is -3.13. The molecule has 0 spiro atoms. The molecule has 3 N–H and O–H groups in total. The number of aliphatic carboxylic acids is 1. The number of unbranched alkanes of at least 4 members (excludes halogenated alkanes) is 35. The Bertz CT molecular complexity index is 1480. The Morgan fingerprint density at radius 1 is 0.442 bits per heavy atom. The van der Waals surface area contributed by atoms with Crippen molar-refractivity contribution in [3.05, 3.63) is 36.5 Å². The molecule has 448 valence electrons. The molecule has 0 aromatic heterocycles. The molecule has 1 saturated heterocycles. The highest BCUT2D eigenvalue weighted by Gasteiger charge is 2.50. The van der Waals surface area contributed by atoms with E-state index in [2.05, 4.69) is 57.2 Å². The summed E-state index contributed by atoms with van der Waals surface area (Å²) in [5, 5.41) is 31.6. The Morgan fingerprint density at radius 2 is 0.818 bits per heavy atom. The summed E-state index contributed by atoms with van der Waals surface area (Å²) >= 11 is 0. The summed E-state index contributed by atoms with van der Waals surface area (Å²) in [6.45, 7) is 5.90. The fraction of sp³-hybridized carbons (Fsp3) is 0.846. The zero-order valence-corrected chi connectivity index (χ0v) is 49.5. The molecule has 0 aromatic rings. The fourth-order valence-electron chi connectivity index (χ4n) is 9.86. The summed E-state index contributed by atoms with van der Waals surface area (Å²) in [5.41, 5.74) is 0. The maximum atomic E-state index is 13.1. The van der Waals surface area contributed by atoms with Crippen molar-refractivity contribution in [2.75, 3.05) is 13.2 Å². The number of carboxylic acids is 1. The molecule has 0 amide bonds. The maximum Gasteiger partial charge on any atom is 0.335 e. The molecule has 12 nitrogen and oxygen atoms in total. The lowest BCUT2D eigenvalue weighted by Crippen LogP contribution is -2.61. The molecule has 6 atom stereocenters. The van der Waals surface area contributed by atoms with Crippen LogP contribution in [0.3, 0.4) is 0 Å². The standard InChI is InChI=1S/C65H116O12/c1-4-7-10-13-16-19-22-25-27-28-29-30-32-35-38-41-44-47-50-53-59(68)76-63-61(70)60(69)62(64(71)72)77-65(63)74-55-56(75-58(67)52-49-46-43-40-37-33-24-21-18-15-12-9-6-3)54-73-57(66)51-48-45-42-39-36-34-31-26-23-20-17-14-11-8-5-2/h9,12,18,21,33,37,56,60-63,65,69-70H,4-8,10-11,13-17,19-20,22-32,34-36,38-55H2,1-3H3,(H,71,72)/b12-9-,21-18-,37-33-. The number of hydrogen-bond acceptors (Lipinski definition) is 11. The van der Waals surface area contributed by atoms with Gasteiger partial charge in [0.2, 0.25) is 0 Å². The zero-order chi connectivity index (χ0) is 56.1. The Labute approximate surface area is 470 Å². The minimum absolute atomic E-state index is 0.0631. The quantitative estimate of drug-likeness (QED) is 0.0228. The van der Waals surface area contributed by atoms with E-state index in [9.17, 15) is 34.5 Å². The Kier molecular flexibility index (Phi) is 50.1. The van der Waals surface area contributed by atoms with Gasteiger partial charge in [0.1, 0.15) is 18.8 Å². The molecule has 1 heterocycles. The van der Waals surface area contributed by atoms with Crippen LogP contribution in [0.4, 0.5) is 0 Å². The van der Waals surface area contributed by atoms with Crippen molar-refractivity contribution in [2.24, 2.45) is 0 Å². The van der Waals surface area contributed by atoms with Crippen molar-refractivity contribution in [3.8, 4) is 0 Å². The van der Waals surface area contributed by atoms with Crippen molar-refractivity contribution < 1.29 is 58.2 Å². The number of rotatable bonds is 55. The topological polar surface area (TPSA) is 175 Å². The Morgan fingerprint density at radius 3 is 1.25 bits per heavy atom. The average molecular weight is 1090 g/mol. The van der Waals surface area contributed by atoms with Gasteiger partial charge in [-0.25, -0.2) is 4.79 Å². The van der Waals surface area contributed by atoms with Crippen LogP contribution in [0.15, 0.2) is 36.5 Å². The first-order valence-electron chi connectivity index (χ1n) is 32.0. The third kappa shape index (κ3) is 43.4. The molecule has 12 heteroatoms. The highest BCUT2D eigenvalue weighted by atomic mass is 16.7. The van der Waals surface area contributed by atoms with E-state index in [0.29, 0.717) is 19.3 Å². The molecule has 6 unspecified atom stereocenters. The number of aliphatic hydroxyl groups is 2. The minimum Gasteiger partial charge on any atom is -0.479 e. The number of carboxylic acid groups (broad SMARTS) is 1. The van der Waals surface area contributed by atoms with E-state index in [1.165, 1.54) is 167 Å². The Balaban J connectivity index is 2.63. The second kappa shape index (κ2) is 53.6. The van der Waals surface area contributed by atoms with E-state index in [0.717, 1.165) is 77.0 Å². The van der Waals surface area contributed by atoms with Crippen LogP contribution < -0.4 is 0 Å². The number of carbonyl (C=O) groups is 4. The van der Waals surface area contributed by atoms with Gasteiger partial charge in [-0.15, -0.1) is 0 Å². The number of carbonyl (C=O) groups excluding carboxylic acids is 3. The van der Waals surface area contributed by atoms with Gasteiger partial charge in [0.25, 0.3) is 0 Å². The zero-order valence-electron chi connectivity index (χ0n) is 49.5. The van der Waals surface area contributed by atoms with Crippen molar-refractivity contribution in [2.45, 2.75) is 340 Å². The molecule has 1 rings (SSSR count). The van der Waals surface area contributed by atoms with Gasteiger partial charge in [-0.1, -0.05) is 269 Å². The fourth-order valence-corrected chi connectivity index (χ4v) is 9.86. The van der Waals surface area contributed by atoms with Gasteiger partial charge in [-0.2, -0.15) is 0 Å². The van der Waals surface area contributed by atoms with Crippen LogP contribution in [0.2, 0.25) is 0 Å². The van der Waals surface area contributed by atoms with Crippen LogP contribution >= 0.6 is 0 Å². The minimum atomic E-state index is -1.90. The van der Waals surface area contributed by atoms with E-state index >= 15 is 0 Å². The van der Waals surface area contributed by atoms with Gasteiger partial charge in [0.15, 0.2) is 24.6 Å². The molecule has 1 aliphatic heterocycles. The molecule has 1 aliphatic rings. The summed E-state index contributed by atoms with van der Waals surface area (Å²) in [4.78, 5) is 51.2. The molecule has 77 heavy (non-hydrogen) atoms. The van der Waals surface area contributed by atoms with E-state index in [1.54, 1.807) is 0 Å². The Hall–Kier alpha value is -3.06. The monoisotopic (exact) mass is 1090 g/mol. The number of ether oxygens (including phenoxy) is 5. The van der Waals surface area contributed by atoms with E-state index in [1.807, 2.05) is 0 Å². The van der Waals surface area contributed by atoms with Crippen LogP contribution in [0.25, 0.3) is 0 Å². The largest absolute Gasteiger partial charge is 0.479 e. The maximum absolute atomic E-state index is 13.1. The van der Waals surface area contributed by atoms with Gasteiger partial charge in [0.05, 0.1) is 6.61 Å². The van der Waals surface area contributed by atoms with Gasteiger partial charge in [0, 0.05) is 19.3 Å². The first kappa shape index (κ1) is 72.0. The number of aliphatic hydroxyl groups excluding tert-OH is 2. The third-order valence-corrected chi connectivity index (χ3v) is 14.7. The van der Waals surface area contributed by atoms with Crippen LogP contribution in [0.1, 0.15) is 303 Å². The van der Waals surface area contributed by atoms with E-state index in [-0.39, 0.29) is 25.9 Å². The van der Waals surface area contributed by atoms with Gasteiger partial charge in [-0.3, -0.25) is 14.4 Å². The van der Waals surface area contributed by atoms with Crippen molar-refractivity contribution in [3.63, 3.8) is 0 Å². The second-order valence-corrected chi connectivity index (χ2v) is 22.0. The first-order chi connectivity index (χ1) is 37.6. The van der Waals surface area contributed by atoms with Gasteiger partial charge >= 0.3 is 23.9 Å². The summed E-state index contributed by atoms with van der Waals surface area (Å²) in [6.07, 6.45) is 51.2. The average Bonchev–Trinajstić information content (AvgIpc) is 3.42. The molecule has 0 radical (unpaired) electrons. The van der Waals surface area contributed by atoms with Crippen molar-refractivity contribution in [1.29, 1.82) is 0 Å². The predicted molar refractivity (Wildman–Crippen MR) is 313 cm³/mol. The SMILES string of the molecule is CC/C=C\C/C=C\C/C=C\CCCCCC(=O)OC(COC(=O)CCCCCCCCCCCCCCCCC)COC1OC(C(=O)O)C(O)C(O)C1OC(=O)CCCCCCCCCCCCCCCCCCCCC. The first-order valence-corrected chi connectivity index (χ1v) is 32.0. The molecular weight excluding hydrogens is 973 g/mol. The molecule has 0 bridgehead atoms. The van der Waals surface area contributed by atoms with Crippen molar-refractivity contribution >= 4 is 23.9 Å². The predicted octanol–water partition coefficient (Wildman–Crippen LogP) is 16.8. The molecular formula is C65H116O12. The second-order valence-electron chi connectivity index (χ2n) is 22.0. The highest BCUT2D eigenvalue weighted by Crippen LogP contribution is 2.27. The summed E-state index contributed by atoms with van der Waals surface area (Å²) in [6, 6.07) is 0. The lowest BCUT2D eigenvalue weighted by atomic mass is 9.98. The van der Waals surface area contributed by atoms with Crippen LogP contribution in [0.5, 0.6) is 0 Å². The van der Waals surface area contributed by atoms with Gasteiger partial charge in [-0.05, 0) is 51.4 Å². The molecule has 1 fully saturated rings. The normalized spacial score (nSPS) is 18.2. The molecule has 0 aromatic carbocycles. The smallest absolute Gasteiger partial charge is 0.335 e. The summed E-state index contributed by atoms with van der Waals surface area (Å²) in [7, 11) is 0. The molecule has 0 aliphatic carbocycles. The van der Waals surface area contributed by atoms with Crippen molar-refractivity contribution in [1.82, 2.24) is 0 Å². The van der Waals surface area contributed by atoms with Gasteiger partial charge < -0.3 is 39.0 Å². The lowest BCUT2D eigenvalue weighted by Gasteiger charge is -2.40. The summed E-state index contributed by atoms with van der Waals surface area (Å²) < 4.78 is 28.5. The van der Waals surface area contributed by atoms with Crippen LogP contribution in [0, 0.1) is 0 Å². The van der Waals surface area contributed by atoms with Crippen LogP contribution in [-0.4, -0.2) is 89.2 Å². The lowest BCUT2D eigenvalue weighted by molar-refractivity contribution is -0.301. The van der Waals surface area contributed by atoms with E-state index in [4.69, 9.17) is 23.7 Å². The number of hydrogen-bond donors (Lipinski definition) is 3. The highest BCUT2D eigenvalue weighted by molar-refractivity contribution is 5.74. The van der Waals surface area contributed by atoms with E-state index < -0.39 is 67.3 Å². The molecule has 0 saturated carbocycles. The number of allylic oxidation sites excluding steroid dienone is 6. The number of esters is 3. The third-order valence-electron chi connectivity index (χ3n) is 14.7. The van der Waals surface area contributed by atoms with Crippen LogP contribution in [-0.2, 0) is 42.9 Å².